The van der Waals surface area contributed by atoms with Gasteiger partial charge in [-0.25, -0.2) is 18.7 Å². The molecule has 0 unspecified atom stereocenters. The summed E-state index contributed by atoms with van der Waals surface area (Å²) in [6.45, 7) is 0.101. The highest BCUT2D eigenvalue weighted by Crippen LogP contribution is 2.30. The number of amides is 1. The zero-order chi connectivity index (χ0) is 20.5. The number of hydrogen-bond donors (Lipinski definition) is 3. The van der Waals surface area contributed by atoms with Crippen LogP contribution in [0.1, 0.15) is 21.7 Å². The number of anilines is 2. The van der Waals surface area contributed by atoms with E-state index in [2.05, 4.69) is 25.6 Å². The summed E-state index contributed by atoms with van der Waals surface area (Å²) in [5.41, 5.74) is 0.843. The summed E-state index contributed by atoms with van der Waals surface area (Å²) >= 11 is 0. The van der Waals surface area contributed by atoms with Crippen molar-refractivity contribution in [3.8, 4) is 11.4 Å². The first kappa shape index (κ1) is 18.4. The van der Waals surface area contributed by atoms with Crippen LogP contribution < -0.4 is 10.6 Å². The summed E-state index contributed by atoms with van der Waals surface area (Å²) in [6.07, 6.45) is 1.14. The topological polar surface area (TPSA) is 117 Å². The number of halogens is 2. The van der Waals surface area contributed by atoms with Crippen LogP contribution in [0.4, 0.5) is 20.3 Å². The second-order valence-corrected chi connectivity index (χ2v) is 6.23. The van der Waals surface area contributed by atoms with Crippen LogP contribution >= 0.6 is 0 Å². The number of aromatic nitrogens is 3. The maximum atomic E-state index is 14.2. The van der Waals surface area contributed by atoms with E-state index < -0.39 is 29.1 Å². The molecule has 0 radical (unpaired) electrons. The van der Waals surface area contributed by atoms with Crippen LogP contribution in [0.3, 0.4) is 0 Å². The van der Waals surface area contributed by atoms with Crippen LogP contribution in [0.25, 0.3) is 11.4 Å². The first-order chi connectivity index (χ1) is 13.9. The lowest BCUT2D eigenvalue weighted by Crippen LogP contribution is -2.14. The van der Waals surface area contributed by atoms with Gasteiger partial charge in [0.15, 0.2) is 5.82 Å². The number of hydrogen-bond acceptors (Lipinski definition) is 6. The molecular weight excluding hydrogens is 384 g/mol. The van der Waals surface area contributed by atoms with Crippen molar-refractivity contribution in [2.45, 2.75) is 13.0 Å². The third-order valence-electron chi connectivity index (χ3n) is 4.23. The maximum Gasteiger partial charge on any atom is 0.309 e. The van der Waals surface area contributed by atoms with Crippen molar-refractivity contribution < 1.29 is 23.5 Å². The van der Waals surface area contributed by atoms with E-state index in [4.69, 9.17) is 5.11 Å². The maximum absolute atomic E-state index is 14.2. The molecular formula is C19H13F2N5O3. The lowest BCUT2D eigenvalue weighted by molar-refractivity contribution is -0.136. The molecule has 29 heavy (non-hydrogen) atoms. The quantitative estimate of drug-likeness (QED) is 0.605. The molecule has 8 nitrogen and oxygen atoms in total. The Balaban J connectivity index is 1.76. The fraction of sp³-hybridized carbons (Fsp3) is 0.105. The average molecular weight is 397 g/mol. The predicted molar refractivity (Wildman–Crippen MR) is 97.4 cm³/mol. The van der Waals surface area contributed by atoms with Crippen molar-refractivity contribution in [2.24, 2.45) is 0 Å². The fourth-order valence-corrected chi connectivity index (χ4v) is 2.93. The van der Waals surface area contributed by atoms with E-state index in [0.29, 0.717) is 17.1 Å². The van der Waals surface area contributed by atoms with Crippen LogP contribution in [0.2, 0.25) is 0 Å². The largest absolute Gasteiger partial charge is 0.481 e. The Morgan fingerprint density at radius 2 is 1.90 bits per heavy atom. The molecule has 1 amide bonds. The molecule has 1 aromatic carbocycles. The lowest BCUT2D eigenvalue weighted by atomic mass is 10.1. The van der Waals surface area contributed by atoms with E-state index in [-0.39, 0.29) is 30.2 Å². The van der Waals surface area contributed by atoms with Gasteiger partial charge in [-0.15, -0.1) is 0 Å². The van der Waals surface area contributed by atoms with E-state index in [0.717, 1.165) is 12.1 Å². The van der Waals surface area contributed by atoms with Gasteiger partial charge in [0.25, 0.3) is 5.91 Å². The Labute approximate surface area is 162 Å². The van der Waals surface area contributed by atoms with Crippen molar-refractivity contribution in [1.29, 1.82) is 0 Å². The first-order valence-electron chi connectivity index (χ1n) is 8.49. The molecule has 0 saturated carbocycles. The number of carboxylic acids is 1. The molecule has 0 fully saturated rings. The molecule has 0 atom stereocenters. The first-order valence-corrected chi connectivity index (χ1v) is 8.49. The highest BCUT2D eigenvalue weighted by atomic mass is 19.1. The van der Waals surface area contributed by atoms with E-state index in [1.54, 1.807) is 6.07 Å². The smallest absolute Gasteiger partial charge is 0.309 e. The third kappa shape index (κ3) is 3.59. The minimum Gasteiger partial charge on any atom is -0.481 e. The van der Waals surface area contributed by atoms with Gasteiger partial charge in [-0.05, 0) is 24.3 Å². The number of pyridine rings is 1. The van der Waals surface area contributed by atoms with Crippen molar-refractivity contribution in [3.63, 3.8) is 0 Å². The van der Waals surface area contributed by atoms with Gasteiger partial charge >= 0.3 is 5.97 Å². The molecule has 4 rings (SSSR count). The average Bonchev–Trinajstić information content (AvgIpc) is 3.04. The summed E-state index contributed by atoms with van der Waals surface area (Å²) in [5, 5.41) is 14.3. The SMILES string of the molecule is O=C(O)Cc1ccc(Nc2nc(-c3c(F)cccc3F)nc3c2C(=O)NC3)cn1. The standard InChI is InChI=1S/C19H13F2N5O3/c20-11-2-1-3-12(21)15(11)17-25-13-8-23-19(29)16(13)18(26-17)24-10-5-4-9(22-7-10)6-14(27)28/h1-5,7H,6,8H2,(H,23,29)(H,27,28)(H,24,25,26). The van der Waals surface area contributed by atoms with Crippen LogP contribution in [0, 0.1) is 11.6 Å². The molecule has 1 aliphatic heterocycles. The molecule has 0 bridgehead atoms. The van der Waals surface area contributed by atoms with Crippen molar-refractivity contribution in [3.05, 3.63) is 65.1 Å². The van der Waals surface area contributed by atoms with Crippen LogP contribution in [0.5, 0.6) is 0 Å². The third-order valence-corrected chi connectivity index (χ3v) is 4.23. The van der Waals surface area contributed by atoms with E-state index in [1.807, 2.05) is 0 Å². The number of fused-ring (bicyclic) bond motifs is 1. The summed E-state index contributed by atoms with van der Waals surface area (Å²) in [6, 6.07) is 6.49. The minimum absolute atomic E-state index is 0.0652. The van der Waals surface area contributed by atoms with Gasteiger partial charge in [0.1, 0.15) is 23.0 Å². The number of benzene rings is 1. The molecule has 1 aliphatic rings. The van der Waals surface area contributed by atoms with Gasteiger partial charge in [0.05, 0.1) is 41.8 Å². The van der Waals surface area contributed by atoms with Crippen molar-refractivity contribution in [2.75, 3.05) is 5.32 Å². The molecule has 0 saturated heterocycles. The normalized spacial score (nSPS) is 12.4. The molecule has 3 N–H and O–H groups in total. The van der Waals surface area contributed by atoms with E-state index in [1.165, 1.54) is 18.3 Å². The fourth-order valence-electron chi connectivity index (χ4n) is 2.93. The number of carboxylic acid groups (broad SMARTS) is 1. The van der Waals surface area contributed by atoms with Crippen LogP contribution in [-0.4, -0.2) is 31.9 Å². The predicted octanol–water partition coefficient (Wildman–Crippen LogP) is 2.43. The van der Waals surface area contributed by atoms with Crippen LogP contribution in [0.15, 0.2) is 36.5 Å². The van der Waals surface area contributed by atoms with Crippen LogP contribution in [-0.2, 0) is 17.8 Å². The molecule has 146 valence electrons. The number of carbonyl (C=O) groups excluding carboxylic acids is 1. The second kappa shape index (κ2) is 7.23. The van der Waals surface area contributed by atoms with Crippen molar-refractivity contribution in [1.82, 2.24) is 20.3 Å². The van der Waals surface area contributed by atoms with Gasteiger partial charge in [0.2, 0.25) is 0 Å². The molecule has 3 aromatic rings. The number of aliphatic carboxylic acids is 1. The Kier molecular flexibility index (Phi) is 4.59. The molecule has 3 heterocycles. The Bertz CT molecular complexity index is 1120. The molecule has 2 aromatic heterocycles. The highest BCUT2D eigenvalue weighted by Gasteiger charge is 2.28. The van der Waals surface area contributed by atoms with E-state index >= 15 is 0 Å². The Morgan fingerprint density at radius 3 is 2.55 bits per heavy atom. The van der Waals surface area contributed by atoms with Gasteiger partial charge in [-0.2, -0.15) is 0 Å². The molecule has 0 spiro atoms. The minimum atomic E-state index is -1.01. The molecule has 0 aliphatic carbocycles. The number of rotatable bonds is 5. The Morgan fingerprint density at radius 1 is 1.14 bits per heavy atom. The summed E-state index contributed by atoms with van der Waals surface area (Å²) < 4.78 is 28.4. The van der Waals surface area contributed by atoms with Gasteiger partial charge in [-0.1, -0.05) is 6.07 Å². The zero-order valence-electron chi connectivity index (χ0n) is 14.7. The van der Waals surface area contributed by atoms with Gasteiger partial charge in [0, 0.05) is 0 Å². The number of nitrogens with zero attached hydrogens (tertiary/aromatic N) is 3. The monoisotopic (exact) mass is 397 g/mol. The van der Waals surface area contributed by atoms with E-state index in [9.17, 15) is 18.4 Å². The number of carbonyl (C=O) groups is 2. The lowest BCUT2D eigenvalue weighted by Gasteiger charge is -2.12. The summed E-state index contributed by atoms with van der Waals surface area (Å²) in [7, 11) is 0. The number of nitrogens with one attached hydrogen (secondary N) is 2. The zero-order valence-corrected chi connectivity index (χ0v) is 14.7. The Hall–Kier alpha value is -3.95. The van der Waals surface area contributed by atoms with Gasteiger partial charge in [-0.3, -0.25) is 14.6 Å². The summed E-state index contributed by atoms with van der Waals surface area (Å²) in [5.74, 6) is -3.22. The second-order valence-electron chi connectivity index (χ2n) is 6.23. The summed E-state index contributed by atoms with van der Waals surface area (Å²) in [4.78, 5) is 35.3. The molecule has 10 heteroatoms. The highest BCUT2D eigenvalue weighted by molar-refractivity contribution is 6.03. The van der Waals surface area contributed by atoms with Gasteiger partial charge < -0.3 is 15.7 Å². The van der Waals surface area contributed by atoms with Crippen molar-refractivity contribution >= 4 is 23.4 Å².